The Morgan fingerprint density at radius 3 is 2.72 bits per heavy atom. The number of rotatable bonds is 2. The molecule has 5 rings (SSSR count). The van der Waals surface area contributed by atoms with Gasteiger partial charge in [-0.05, 0) is 12.1 Å². The van der Waals surface area contributed by atoms with Gasteiger partial charge in [-0.2, -0.15) is 4.98 Å². The molecule has 150 valence electrons. The minimum Gasteiger partial charge on any atom is -0.486 e. The molecule has 2 aliphatic heterocycles. The van der Waals surface area contributed by atoms with Crippen molar-refractivity contribution in [3.05, 3.63) is 23.7 Å². The molecule has 0 unspecified atom stereocenters. The maximum atomic E-state index is 12.7. The summed E-state index contributed by atoms with van der Waals surface area (Å²) in [6.07, 6.45) is 0. The Morgan fingerprint density at radius 2 is 1.90 bits per heavy atom. The second-order valence-corrected chi connectivity index (χ2v) is 7.51. The van der Waals surface area contributed by atoms with Crippen molar-refractivity contribution < 1.29 is 14.3 Å². The molecule has 3 N–H and O–H groups in total. The van der Waals surface area contributed by atoms with Crippen molar-refractivity contribution in [3.8, 4) is 11.5 Å². The van der Waals surface area contributed by atoms with Crippen molar-refractivity contribution >= 4 is 45.2 Å². The summed E-state index contributed by atoms with van der Waals surface area (Å²) in [5.74, 6) is 2.30. The third-order valence-electron chi connectivity index (χ3n) is 4.86. The van der Waals surface area contributed by atoms with Gasteiger partial charge in [0.2, 0.25) is 5.95 Å². The lowest BCUT2D eigenvalue weighted by Gasteiger charge is -2.35. The van der Waals surface area contributed by atoms with Gasteiger partial charge in [-0.15, -0.1) is 11.3 Å². The minimum atomic E-state index is -0.151. The highest BCUT2D eigenvalue weighted by Crippen LogP contribution is 2.33. The van der Waals surface area contributed by atoms with Crippen LogP contribution in [0.3, 0.4) is 0 Å². The van der Waals surface area contributed by atoms with Crippen molar-refractivity contribution in [2.75, 3.05) is 55.3 Å². The molecule has 2 aliphatic rings. The Balaban J connectivity index is 1.24. The maximum absolute atomic E-state index is 12.7. The number of nitrogens with one attached hydrogen (secondary N) is 1. The number of benzene rings is 1. The number of nitrogen functional groups attached to an aromatic ring is 1. The first-order valence-corrected chi connectivity index (χ1v) is 10.1. The average molecular weight is 413 g/mol. The van der Waals surface area contributed by atoms with E-state index < -0.39 is 0 Å². The number of aromatic nitrogens is 3. The zero-order valence-electron chi connectivity index (χ0n) is 15.5. The van der Waals surface area contributed by atoms with Crippen LogP contribution >= 0.6 is 11.3 Å². The largest absolute Gasteiger partial charge is 0.486 e. The number of hydrogen-bond donors (Lipinski definition) is 2. The van der Waals surface area contributed by atoms with Crippen LogP contribution in [0.2, 0.25) is 0 Å². The lowest BCUT2D eigenvalue weighted by atomic mass is 10.2. The number of urea groups is 1. The molecule has 0 atom stereocenters. The summed E-state index contributed by atoms with van der Waals surface area (Å²) in [4.78, 5) is 30.2. The summed E-state index contributed by atoms with van der Waals surface area (Å²) in [5.41, 5.74) is 9.00. The molecule has 29 heavy (non-hydrogen) atoms. The van der Waals surface area contributed by atoms with Gasteiger partial charge in [-0.1, -0.05) is 0 Å². The van der Waals surface area contributed by atoms with Crippen molar-refractivity contribution in [1.29, 1.82) is 0 Å². The van der Waals surface area contributed by atoms with Crippen LogP contribution in [0.4, 0.5) is 22.2 Å². The Kier molecular flexibility index (Phi) is 4.43. The molecule has 2 aromatic heterocycles. The van der Waals surface area contributed by atoms with Crippen molar-refractivity contribution in [3.63, 3.8) is 0 Å². The molecule has 0 aliphatic carbocycles. The van der Waals surface area contributed by atoms with Gasteiger partial charge in [0.15, 0.2) is 22.1 Å². The smallest absolute Gasteiger partial charge is 0.321 e. The molecule has 1 aromatic carbocycles. The first kappa shape index (κ1) is 17.7. The Hall–Kier alpha value is -3.34. The number of ether oxygens (including phenoxy) is 2. The normalized spacial score (nSPS) is 16.1. The van der Waals surface area contributed by atoms with Gasteiger partial charge < -0.3 is 30.3 Å². The van der Waals surface area contributed by atoms with Crippen LogP contribution in [0.15, 0.2) is 23.7 Å². The molecule has 1 fully saturated rings. The number of thiazole rings is 1. The number of carbonyl (C=O) groups excluding carboxylic acids is 1. The van der Waals surface area contributed by atoms with Gasteiger partial charge >= 0.3 is 6.03 Å². The molecule has 0 bridgehead atoms. The SMILES string of the molecule is Nc1nc(N2CCN(C(=O)Nc3ccc4c(c3)OCCO4)CC2)c2ncsc2n1. The van der Waals surface area contributed by atoms with E-state index in [1.54, 1.807) is 22.5 Å². The number of fused-ring (bicyclic) bond motifs is 2. The number of nitrogens with two attached hydrogens (primary N) is 1. The summed E-state index contributed by atoms with van der Waals surface area (Å²) in [5, 5.41) is 2.93. The summed E-state index contributed by atoms with van der Waals surface area (Å²) < 4.78 is 11.1. The van der Waals surface area contributed by atoms with Gasteiger partial charge in [-0.25, -0.2) is 14.8 Å². The fraction of sp³-hybridized carbons (Fsp3) is 0.333. The fourth-order valence-electron chi connectivity index (χ4n) is 3.43. The minimum absolute atomic E-state index is 0.151. The molecular weight excluding hydrogens is 394 g/mol. The third kappa shape index (κ3) is 3.44. The first-order valence-electron chi connectivity index (χ1n) is 9.24. The maximum Gasteiger partial charge on any atom is 0.321 e. The van der Waals surface area contributed by atoms with E-state index in [4.69, 9.17) is 15.2 Å². The van der Waals surface area contributed by atoms with Crippen LogP contribution in [0.25, 0.3) is 10.3 Å². The number of carbonyl (C=O) groups is 1. The van der Waals surface area contributed by atoms with Gasteiger partial charge in [0.25, 0.3) is 0 Å². The fourth-order valence-corrected chi connectivity index (χ4v) is 4.09. The van der Waals surface area contributed by atoms with Crippen LogP contribution in [-0.4, -0.2) is 65.3 Å². The van der Waals surface area contributed by atoms with Crippen LogP contribution in [0.1, 0.15) is 0 Å². The van der Waals surface area contributed by atoms with E-state index >= 15 is 0 Å². The zero-order valence-corrected chi connectivity index (χ0v) is 16.3. The summed E-state index contributed by atoms with van der Waals surface area (Å²) in [6, 6.07) is 5.25. The summed E-state index contributed by atoms with van der Waals surface area (Å²) in [6.45, 7) is 3.44. The van der Waals surface area contributed by atoms with E-state index in [9.17, 15) is 4.79 Å². The number of piperazine rings is 1. The monoisotopic (exact) mass is 413 g/mol. The molecule has 2 amide bonds. The molecule has 4 heterocycles. The Bertz CT molecular complexity index is 1060. The van der Waals surface area contributed by atoms with Crippen molar-refractivity contribution in [1.82, 2.24) is 19.9 Å². The second-order valence-electron chi connectivity index (χ2n) is 6.67. The molecule has 0 spiro atoms. The molecule has 11 heteroatoms. The van der Waals surface area contributed by atoms with E-state index in [1.807, 2.05) is 6.07 Å². The first-order chi connectivity index (χ1) is 14.2. The Morgan fingerprint density at radius 1 is 1.10 bits per heavy atom. The predicted octanol–water partition coefficient (Wildman–Crippen LogP) is 1.79. The van der Waals surface area contributed by atoms with Crippen molar-refractivity contribution in [2.24, 2.45) is 0 Å². The number of hydrogen-bond acceptors (Lipinski definition) is 9. The molecule has 0 saturated carbocycles. The molecule has 1 saturated heterocycles. The highest BCUT2D eigenvalue weighted by Gasteiger charge is 2.25. The van der Waals surface area contributed by atoms with E-state index in [1.165, 1.54) is 11.3 Å². The molecule has 10 nitrogen and oxygen atoms in total. The van der Waals surface area contributed by atoms with E-state index in [0.717, 1.165) is 16.2 Å². The van der Waals surface area contributed by atoms with Crippen LogP contribution in [-0.2, 0) is 0 Å². The topological polar surface area (TPSA) is 119 Å². The summed E-state index contributed by atoms with van der Waals surface area (Å²) in [7, 11) is 0. The third-order valence-corrected chi connectivity index (χ3v) is 5.58. The van der Waals surface area contributed by atoms with E-state index in [0.29, 0.717) is 56.6 Å². The van der Waals surface area contributed by atoms with E-state index in [2.05, 4.69) is 25.2 Å². The molecule has 0 radical (unpaired) electrons. The van der Waals surface area contributed by atoms with Crippen LogP contribution < -0.4 is 25.4 Å². The number of anilines is 3. The second kappa shape index (κ2) is 7.24. The molecular formula is C18H19N7O3S. The standard InChI is InChI=1S/C18H19N7O3S/c19-17-22-15(14-16(23-17)29-10-20-14)24-3-5-25(6-4-24)18(26)21-11-1-2-12-13(9-11)28-8-7-27-12/h1-2,9-10H,3-8H2,(H,21,26)(H2,19,22,23). The lowest BCUT2D eigenvalue weighted by Crippen LogP contribution is -2.50. The molecule has 3 aromatic rings. The van der Waals surface area contributed by atoms with Crippen LogP contribution in [0, 0.1) is 0 Å². The zero-order chi connectivity index (χ0) is 19.8. The number of amides is 2. The van der Waals surface area contributed by atoms with Gasteiger partial charge in [-0.3, -0.25) is 0 Å². The highest BCUT2D eigenvalue weighted by molar-refractivity contribution is 7.16. The number of nitrogens with zero attached hydrogens (tertiary/aromatic N) is 5. The highest BCUT2D eigenvalue weighted by atomic mass is 32.1. The summed E-state index contributed by atoms with van der Waals surface area (Å²) >= 11 is 1.43. The quantitative estimate of drug-likeness (QED) is 0.653. The Labute approximate surface area is 170 Å². The van der Waals surface area contributed by atoms with Gasteiger partial charge in [0.1, 0.15) is 18.7 Å². The average Bonchev–Trinajstić information content (AvgIpc) is 3.21. The van der Waals surface area contributed by atoms with Crippen molar-refractivity contribution in [2.45, 2.75) is 0 Å². The van der Waals surface area contributed by atoms with Gasteiger partial charge in [0, 0.05) is 37.9 Å². The predicted molar refractivity (Wildman–Crippen MR) is 110 cm³/mol. The van der Waals surface area contributed by atoms with Crippen LogP contribution in [0.5, 0.6) is 11.5 Å². The van der Waals surface area contributed by atoms with E-state index in [-0.39, 0.29) is 12.0 Å². The lowest BCUT2D eigenvalue weighted by molar-refractivity contribution is 0.171. The van der Waals surface area contributed by atoms with Gasteiger partial charge in [0.05, 0.1) is 5.51 Å².